The van der Waals surface area contributed by atoms with Crippen LogP contribution in [0.1, 0.15) is 11.1 Å². The van der Waals surface area contributed by atoms with Crippen molar-refractivity contribution in [3.05, 3.63) is 76.6 Å². The molecule has 0 atom stereocenters. The minimum atomic E-state index is -1.62. The molecule has 3 rings (SSSR count). The summed E-state index contributed by atoms with van der Waals surface area (Å²) >= 11 is 6.24. The summed E-state index contributed by atoms with van der Waals surface area (Å²) in [5.74, 6) is -2.10. The molecule has 0 aliphatic rings. The van der Waals surface area contributed by atoms with Gasteiger partial charge in [0.25, 0.3) is 0 Å². The van der Waals surface area contributed by atoms with E-state index in [0.29, 0.717) is 28.4 Å². The summed E-state index contributed by atoms with van der Waals surface area (Å²) in [6.45, 7) is 1.69. The Morgan fingerprint density at radius 1 is 1.06 bits per heavy atom. The second-order valence-corrected chi connectivity index (χ2v) is 6.91. The first kappa shape index (κ1) is 21.9. The molecule has 0 fully saturated rings. The van der Waals surface area contributed by atoms with Gasteiger partial charge in [-0.2, -0.15) is 0 Å². The highest BCUT2D eigenvalue weighted by Crippen LogP contribution is 2.36. The Bertz CT molecular complexity index is 1110. The van der Waals surface area contributed by atoms with Gasteiger partial charge < -0.3 is 25.0 Å². The van der Waals surface area contributed by atoms with Crippen LogP contribution in [0.3, 0.4) is 0 Å². The number of phenolic OH excluding ortho intramolecular Hbond substituents is 1. The van der Waals surface area contributed by atoms with Crippen molar-refractivity contribution in [1.82, 2.24) is 0 Å². The number of anilines is 1. The minimum absolute atomic E-state index is 0.0102. The zero-order valence-electron chi connectivity index (χ0n) is 16.2. The maximum atomic E-state index is 13.0. The van der Waals surface area contributed by atoms with Gasteiger partial charge in [-0.15, -0.1) is 0 Å². The van der Waals surface area contributed by atoms with Crippen LogP contribution >= 0.6 is 11.6 Å². The van der Waals surface area contributed by atoms with Gasteiger partial charge in [0.05, 0.1) is 5.02 Å². The van der Waals surface area contributed by atoms with Crippen LogP contribution in [-0.4, -0.2) is 22.1 Å². The van der Waals surface area contributed by atoms with Gasteiger partial charge >= 0.3 is 11.9 Å². The molecule has 0 saturated heterocycles. The van der Waals surface area contributed by atoms with Gasteiger partial charge in [0.1, 0.15) is 35.4 Å². The number of carbonyl (C=O) groups is 2. The van der Waals surface area contributed by atoms with Crippen molar-refractivity contribution in [1.29, 1.82) is 0 Å². The van der Waals surface area contributed by atoms with Crippen molar-refractivity contribution < 1.29 is 33.7 Å². The molecule has 0 aromatic heterocycles. The number of carboxylic acids is 1. The quantitative estimate of drug-likeness (QED) is 0.467. The van der Waals surface area contributed by atoms with E-state index in [1.165, 1.54) is 48.5 Å². The van der Waals surface area contributed by atoms with Crippen molar-refractivity contribution in [2.75, 3.05) is 5.32 Å². The number of carboxylic acid groups (broad SMARTS) is 1. The Balaban J connectivity index is 1.76. The highest BCUT2D eigenvalue weighted by Gasteiger charge is 2.15. The van der Waals surface area contributed by atoms with Gasteiger partial charge in [-0.3, -0.25) is 4.79 Å². The van der Waals surface area contributed by atoms with Crippen molar-refractivity contribution in [2.24, 2.45) is 0 Å². The summed E-state index contributed by atoms with van der Waals surface area (Å²) in [7, 11) is 0. The van der Waals surface area contributed by atoms with E-state index in [4.69, 9.17) is 26.2 Å². The Hall–Kier alpha value is -3.78. The molecule has 0 aliphatic carbocycles. The number of hydrogen-bond acceptors (Lipinski definition) is 5. The van der Waals surface area contributed by atoms with E-state index in [0.717, 1.165) is 0 Å². The third-order valence-electron chi connectivity index (χ3n) is 4.16. The predicted octanol–water partition coefficient (Wildman–Crippen LogP) is 4.89. The summed E-state index contributed by atoms with van der Waals surface area (Å²) in [5.41, 5.74) is 1.19. The topological polar surface area (TPSA) is 105 Å². The monoisotopic (exact) mass is 445 g/mol. The average Bonchev–Trinajstić information content (AvgIpc) is 2.72. The molecule has 3 N–H and O–H groups in total. The lowest BCUT2D eigenvalue weighted by Crippen LogP contribution is -2.21. The third-order valence-corrected chi connectivity index (χ3v) is 4.44. The molecule has 0 saturated carbocycles. The number of aliphatic carboxylic acids is 1. The first-order chi connectivity index (χ1) is 14.7. The van der Waals surface area contributed by atoms with Crippen molar-refractivity contribution in [2.45, 2.75) is 13.5 Å². The predicted molar refractivity (Wildman–Crippen MR) is 111 cm³/mol. The van der Waals surface area contributed by atoms with Crippen LogP contribution in [0.4, 0.5) is 10.1 Å². The fourth-order valence-corrected chi connectivity index (χ4v) is 2.97. The highest BCUT2D eigenvalue weighted by atomic mass is 35.5. The normalized spacial score (nSPS) is 10.4. The van der Waals surface area contributed by atoms with E-state index in [9.17, 15) is 19.1 Å². The molecule has 160 valence electrons. The van der Waals surface area contributed by atoms with Crippen LogP contribution in [0.2, 0.25) is 5.02 Å². The fourth-order valence-electron chi connectivity index (χ4n) is 2.67. The molecule has 0 radical (unpaired) electrons. The van der Waals surface area contributed by atoms with Crippen LogP contribution in [0.5, 0.6) is 23.0 Å². The van der Waals surface area contributed by atoms with Gasteiger partial charge in [-0.25, -0.2) is 9.18 Å². The standard InChI is InChI=1S/C22H17ClFNO6/c1-12-8-15(25-21(27)22(28)29)10-18(23)20(12)31-17-6-7-19(26)13(9-17)11-30-16-4-2-14(24)3-5-16/h2-10,26H,11H2,1H3,(H,25,27)(H,28,29). The van der Waals surface area contributed by atoms with Gasteiger partial charge in [-0.05, 0) is 67.1 Å². The Kier molecular flexibility index (Phi) is 6.61. The van der Waals surface area contributed by atoms with Crippen LogP contribution in [0, 0.1) is 12.7 Å². The van der Waals surface area contributed by atoms with Crippen LogP contribution in [0.25, 0.3) is 0 Å². The number of aromatic hydroxyl groups is 1. The highest BCUT2D eigenvalue weighted by molar-refractivity contribution is 6.37. The zero-order chi connectivity index (χ0) is 22.5. The van der Waals surface area contributed by atoms with Crippen LogP contribution in [-0.2, 0) is 16.2 Å². The SMILES string of the molecule is Cc1cc(NC(=O)C(=O)O)cc(Cl)c1Oc1ccc(O)c(COc2ccc(F)cc2)c1. The molecule has 0 aliphatic heterocycles. The lowest BCUT2D eigenvalue weighted by Gasteiger charge is -2.14. The second kappa shape index (κ2) is 9.36. The van der Waals surface area contributed by atoms with E-state index in [2.05, 4.69) is 5.32 Å². The fraction of sp³-hybridized carbons (Fsp3) is 0.0909. The molecule has 7 nitrogen and oxygen atoms in total. The molecule has 3 aromatic carbocycles. The molecular weight excluding hydrogens is 429 g/mol. The van der Waals surface area contributed by atoms with Crippen LogP contribution < -0.4 is 14.8 Å². The number of nitrogens with one attached hydrogen (secondary N) is 1. The van der Waals surface area contributed by atoms with E-state index < -0.39 is 11.9 Å². The molecule has 0 unspecified atom stereocenters. The van der Waals surface area contributed by atoms with Crippen molar-refractivity contribution in [3.63, 3.8) is 0 Å². The van der Waals surface area contributed by atoms with Gasteiger partial charge in [0.2, 0.25) is 0 Å². The molecule has 9 heteroatoms. The molecule has 0 bridgehead atoms. The summed E-state index contributed by atoms with van der Waals surface area (Å²) in [5, 5.41) is 21.1. The van der Waals surface area contributed by atoms with Crippen LogP contribution in [0.15, 0.2) is 54.6 Å². The molecule has 1 amide bonds. The molecular formula is C22H17ClFNO6. The van der Waals surface area contributed by atoms with E-state index in [1.54, 1.807) is 13.0 Å². The zero-order valence-corrected chi connectivity index (χ0v) is 16.9. The number of phenols is 1. The molecule has 3 aromatic rings. The van der Waals surface area contributed by atoms with Crippen molar-refractivity contribution in [3.8, 4) is 23.0 Å². The first-order valence-corrected chi connectivity index (χ1v) is 9.33. The lowest BCUT2D eigenvalue weighted by atomic mass is 10.1. The largest absolute Gasteiger partial charge is 0.508 e. The molecule has 0 spiro atoms. The van der Waals surface area contributed by atoms with Crippen molar-refractivity contribution >= 4 is 29.2 Å². The second-order valence-electron chi connectivity index (χ2n) is 6.50. The molecule has 31 heavy (non-hydrogen) atoms. The number of amides is 1. The number of hydrogen-bond donors (Lipinski definition) is 3. The minimum Gasteiger partial charge on any atom is -0.508 e. The Morgan fingerprint density at radius 2 is 1.74 bits per heavy atom. The summed E-state index contributed by atoms with van der Waals surface area (Å²) in [6, 6.07) is 12.9. The van der Waals surface area contributed by atoms with Gasteiger partial charge in [0, 0.05) is 11.3 Å². The third kappa shape index (κ3) is 5.64. The summed E-state index contributed by atoms with van der Waals surface area (Å²) in [4.78, 5) is 22.0. The number of benzene rings is 3. The number of halogens is 2. The summed E-state index contributed by atoms with van der Waals surface area (Å²) in [6.07, 6.45) is 0. The van der Waals surface area contributed by atoms with E-state index >= 15 is 0 Å². The average molecular weight is 446 g/mol. The molecule has 0 heterocycles. The smallest absolute Gasteiger partial charge is 0.394 e. The Labute approximate surface area is 181 Å². The van der Waals surface area contributed by atoms with E-state index in [-0.39, 0.29) is 28.9 Å². The van der Waals surface area contributed by atoms with Gasteiger partial charge in [0.15, 0.2) is 0 Å². The number of ether oxygens (including phenoxy) is 2. The number of rotatable bonds is 6. The summed E-state index contributed by atoms with van der Waals surface area (Å²) < 4.78 is 24.4. The van der Waals surface area contributed by atoms with E-state index in [1.807, 2.05) is 0 Å². The number of carbonyl (C=O) groups excluding carboxylic acids is 1. The number of aryl methyl sites for hydroxylation is 1. The lowest BCUT2D eigenvalue weighted by molar-refractivity contribution is -0.147. The maximum Gasteiger partial charge on any atom is 0.394 e. The maximum absolute atomic E-state index is 13.0. The first-order valence-electron chi connectivity index (χ1n) is 8.95. The Morgan fingerprint density at radius 3 is 2.39 bits per heavy atom. The van der Waals surface area contributed by atoms with Gasteiger partial charge in [-0.1, -0.05) is 11.6 Å².